The fourth-order valence-electron chi connectivity index (χ4n) is 5.86. The summed E-state index contributed by atoms with van der Waals surface area (Å²) >= 11 is 0. The van der Waals surface area contributed by atoms with Gasteiger partial charge < -0.3 is 19.9 Å². The van der Waals surface area contributed by atoms with Crippen LogP contribution in [-0.2, 0) is 16.0 Å². The van der Waals surface area contributed by atoms with E-state index < -0.39 is 24.9 Å². The minimum Gasteiger partial charge on any atom is -0.372 e. The Labute approximate surface area is 255 Å². The second-order valence-corrected chi connectivity index (χ2v) is 11.4. The molecule has 12 heteroatoms. The number of halogens is 3. The number of fused-ring (bicyclic) bond motifs is 1. The zero-order valence-electron chi connectivity index (χ0n) is 25.0. The van der Waals surface area contributed by atoms with Crippen LogP contribution in [0.2, 0.25) is 0 Å². The molecule has 5 heterocycles. The average molecular weight is 613 g/mol. The zero-order valence-corrected chi connectivity index (χ0v) is 25.0. The monoisotopic (exact) mass is 612 g/mol. The number of nitrogens with zero attached hydrogens (tertiary/aromatic N) is 5. The van der Waals surface area contributed by atoms with Crippen molar-refractivity contribution in [1.82, 2.24) is 29.7 Å². The molecule has 2 fully saturated rings. The van der Waals surface area contributed by atoms with E-state index in [2.05, 4.69) is 22.3 Å². The minimum atomic E-state index is -4.30. The third-order valence-electron chi connectivity index (χ3n) is 8.54. The molecule has 2 aromatic heterocycles. The van der Waals surface area contributed by atoms with Crippen LogP contribution < -0.4 is 5.32 Å². The fraction of sp³-hybridized carbons (Fsp3) is 0.500. The molecule has 3 aliphatic heterocycles. The van der Waals surface area contributed by atoms with Crippen LogP contribution in [0.5, 0.6) is 0 Å². The molecule has 236 valence electrons. The molecule has 44 heavy (non-hydrogen) atoms. The van der Waals surface area contributed by atoms with E-state index >= 15 is 0 Å². The highest BCUT2D eigenvalue weighted by Crippen LogP contribution is 2.29. The van der Waals surface area contributed by atoms with E-state index in [4.69, 9.17) is 4.74 Å². The summed E-state index contributed by atoms with van der Waals surface area (Å²) in [5.74, 6) is -0.311. The summed E-state index contributed by atoms with van der Waals surface area (Å²) in [6, 6.07) is 11.8. The van der Waals surface area contributed by atoms with Gasteiger partial charge in [-0.15, -0.1) is 0 Å². The molecule has 0 saturated carbocycles. The molecule has 1 spiro atoms. The van der Waals surface area contributed by atoms with Crippen LogP contribution in [0.1, 0.15) is 60.5 Å². The summed E-state index contributed by atoms with van der Waals surface area (Å²) in [5.41, 5.74) is 4.73. The number of rotatable bonds is 5. The quantitative estimate of drug-likeness (QED) is 0.456. The third-order valence-corrected chi connectivity index (χ3v) is 8.54. The van der Waals surface area contributed by atoms with Crippen LogP contribution in [-0.4, -0.2) is 93.9 Å². The van der Waals surface area contributed by atoms with Gasteiger partial charge in [-0.2, -0.15) is 18.3 Å². The maximum absolute atomic E-state index is 12.5. The van der Waals surface area contributed by atoms with Crippen molar-refractivity contribution in [3.8, 4) is 0 Å². The highest BCUT2D eigenvalue weighted by molar-refractivity contribution is 5.94. The zero-order chi connectivity index (χ0) is 31.2. The molecule has 3 aromatic rings. The molecule has 0 aliphatic carbocycles. The van der Waals surface area contributed by atoms with Crippen molar-refractivity contribution in [3.05, 3.63) is 71.7 Å². The highest BCUT2D eigenvalue weighted by atomic mass is 19.4. The first-order valence-corrected chi connectivity index (χ1v) is 15.2. The predicted molar refractivity (Wildman–Crippen MR) is 160 cm³/mol. The van der Waals surface area contributed by atoms with Crippen LogP contribution in [0.3, 0.4) is 0 Å². The van der Waals surface area contributed by atoms with E-state index in [9.17, 15) is 22.8 Å². The summed E-state index contributed by atoms with van der Waals surface area (Å²) in [6.45, 7) is 7.07. The standard InChI is InChI=1S/C17H24N2O2.C15H15F3N4O/c1-2-14-3-5-15(6-4-14)16(20)19-10-7-17(8-11-19)13-18-9-12-21-17;16-15(17,18)6-3-13(23)21-8-4-11(5-9-21)12-2-1-7-22-14(12)19-10-20-22/h3-6,18H,2,7-13H2,1H3;1-2,4,7,10H,3,5-6,8-9H2. The molecular weight excluding hydrogens is 573 g/mol. The van der Waals surface area contributed by atoms with E-state index in [0.717, 1.165) is 74.4 Å². The van der Waals surface area contributed by atoms with Crippen molar-refractivity contribution in [2.75, 3.05) is 45.9 Å². The number of aromatic nitrogens is 3. The smallest absolute Gasteiger partial charge is 0.372 e. The first kappa shape index (κ1) is 31.6. The van der Waals surface area contributed by atoms with Crippen molar-refractivity contribution < 1.29 is 27.5 Å². The number of likely N-dealkylation sites (tertiary alicyclic amines) is 1. The van der Waals surface area contributed by atoms with E-state index in [1.165, 1.54) is 16.8 Å². The van der Waals surface area contributed by atoms with Crippen LogP contribution in [0, 0.1) is 0 Å². The Morgan fingerprint density at radius 3 is 2.48 bits per heavy atom. The van der Waals surface area contributed by atoms with E-state index in [-0.39, 0.29) is 11.5 Å². The number of ether oxygens (including phenoxy) is 1. The van der Waals surface area contributed by atoms with Crippen molar-refractivity contribution in [2.45, 2.75) is 57.2 Å². The maximum Gasteiger partial charge on any atom is 0.389 e. The van der Waals surface area contributed by atoms with E-state index in [0.29, 0.717) is 19.5 Å². The van der Waals surface area contributed by atoms with Gasteiger partial charge in [-0.1, -0.05) is 25.1 Å². The first-order valence-electron chi connectivity index (χ1n) is 15.2. The minimum absolute atomic E-state index is 0.0406. The number of pyridine rings is 1. The lowest BCUT2D eigenvalue weighted by molar-refractivity contribution is -0.148. The number of amides is 2. The number of aryl methyl sites for hydroxylation is 1. The lowest BCUT2D eigenvalue weighted by Gasteiger charge is -2.44. The highest BCUT2D eigenvalue weighted by Gasteiger charge is 2.38. The van der Waals surface area contributed by atoms with Crippen LogP contribution in [0.15, 0.2) is 55.0 Å². The van der Waals surface area contributed by atoms with Gasteiger partial charge in [-0.05, 0) is 61.1 Å². The molecule has 0 atom stereocenters. The Hall–Kier alpha value is -3.77. The van der Waals surface area contributed by atoms with Gasteiger partial charge in [0.2, 0.25) is 5.91 Å². The van der Waals surface area contributed by atoms with Crippen molar-refractivity contribution in [1.29, 1.82) is 0 Å². The van der Waals surface area contributed by atoms with Crippen LogP contribution >= 0.6 is 0 Å². The second kappa shape index (κ2) is 13.9. The number of carbonyl (C=O) groups is 2. The summed E-state index contributed by atoms with van der Waals surface area (Å²) in [5, 5.41) is 7.48. The Morgan fingerprint density at radius 2 is 1.84 bits per heavy atom. The summed E-state index contributed by atoms with van der Waals surface area (Å²) in [6.07, 6.45) is 2.73. The molecule has 6 rings (SSSR count). The molecule has 0 unspecified atom stereocenters. The molecule has 2 amide bonds. The summed E-state index contributed by atoms with van der Waals surface area (Å²) in [4.78, 5) is 32.0. The van der Waals surface area contributed by atoms with Gasteiger partial charge in [0.15, 0.2) is 5.65 Å². The number of benzene rings is 1. The predicted octanol–water partition coefficient (Wildman–Crippen LogP) is 4.53. The number of morpholine rings is 1. The normalized spacial score (nSPS) is 18.5. The SMILES string of the molecule is CCc1ccc(C(=O)N2CCC3(CC2)CNCCO3)cc1.O=C(CCC(F)(F)F)N1CC=C(c2cccn3ncnc23)CC1. The van der Waals surface area contributed by atoms with E-state index in [1.54, 1.807) is 10.7 Å². The Bertz CT molecular complexity index is 1450. The summed E-state index contributed by atoms with van der Waals surface area (Å²) in [7, 11) is 0. The lowest BCUT2D eigenvalue weighted by Crippen LogP contribution is -2.56. The number of piperidine rings is 1. The largest absolute Gasteiger partial charge is 0.389 e. The molecule has 9 nitrogen and oxygen atoms in total. The molecule has 1 aromatic carbocycles. The number of hydrogen-bond acceptors (Lipinski definition) is 6. The molecule has 0 bridgehead atoms. The Kier molecular flexibility index (Phi) is 10.00. The van der Waals surface area contributed by atoms with Gasteiger partial charge in [-0.25, -0.2) is 9.50 Å². The second-order valence-electron chi connectivity index (χ2n) is 11.4. The average Bonchev–Trinajstić information content (AvgIpc) is 3.54. The topological polar surface area (TPSA) is 92.1 Å². The van der Waals surface area contributed by atoms with Gasteiger partial charge >= 0.3 is 6.18 Å². The number of hydrogen-bond donors (Lipinski definition) is 1. The van der Waals surface area contributed by atoms with E-state index in [1.807, 2.05) is 47.4 Å². The van der Waals surface area contributed by atoms with Crippen LogP contribution in [0.25, 0.3) is 11.2 Å². The van der Waals surface area contributed by atoms with Crippen molar-refractivity contribution in [2.24, 2.45) is 0 Å². The molecule has 3 aliphatic rings. The number of alkyl halides is 3. The maximum atomic E-state index is 12.5. The fourth-order valence-corrected chi connectivity index (χ4v) is 5.86. The first-order chi connectivity index (χ1) is 21.2. The molecule has 0 radical (unpaired) electrons. The number of carbonyl (C=O) groups excluding carboxylic acids is 2. The molecular formula is C32H39F3N6O3. The van der Waals surface area contributed by atoms with Gasteiger partial charge in [0.1, 0.15) is 6.33 Å². The summed E-state index contributed by atoms with van der Waals surface area (Å²) < 4.78 is 44.2. The van der Waals surface area contributed by atoms with Crippen molar-refractivity contribution >= 4 is 23.0 Å². The van der Waals surface area contributed by atoms with Gasteiger partial charge in [0.25, 0.3) is 5.91 Å². The van der Waals surface area contributed by atoms with Crippen LogP contribution in [0.4, 0.5) is 13.2 Å². The van der Waals surface area contributed by atoms with Crippen molar-refractivity contribution in [3.63, 3.8) is 0 Å². The third kappa shape index (κ3) is 7.84. The van der Waals surface area contributed by atoms with Gasteiger partial charge in [0.05, 0.1) is 18.6 Å². The van der Waals surface area contributed by atoms with Gasteiger partial charge in [-0.3, -0.25) is 9.59 Å². The molecule has 2 saturated heterocycles. The number of nitrogens with one attached hydrogen (secondary N) is 1. The lowest BCUT2D eigenvalue weighted by atomic mass is 9.89. The Morgan fingerprint density at radius 1 is 1.07 bits per heavy atom. The van der Waals surface area contributed by atoms with Gasteiger partial charge in [0, 0.05) is 63.0 Å². The molecule has 1 N–H and O–H groups in total. The Balaban J connectivity index is 0.000000175.